The summed E-state index contributed by atoms with van der Waals surface area (Å²) in [6, 6.07) is 0. The van der Waals surface area contributed by atoms with E-state index in [1.165, 1.54) is 0 Å². The standard InChI is InChI=1S/C9H9F6NO2/c10-8(11,12)6(9(13,14)15)7(18)16-3-1-5(17)2-4-16/h6H,1-4H2. The van der Waals surface area contributed by atoms with Gasteiger partial charge in [0.2, 0.25) is 11.8 Å². The van der Waals surface area contributed by atoms with E-state index in [0.29, 0.717) is 4.90 Å². The van der Waals surface area contributed by atoms with Gasteiger partial charge >= 0.3 is 12.4 Å². The Labute approximate surface area is 97.7 Å². The van der Waals surface area contributed by atoms with E-state index < -0.39 is 37.3 Å². The average Bonchev–Trinajstić information content (AvgIpc) is 2.13. The summed E-state index contributed by atoms with van der Waals surface area (Å²) in [6.45, 7) is -0.805. The number of nitrogens with zero attached hydrogens (tertiary/aromatic N) is 1. The molecule has 0 aliphatic carbocycles. The quantitative estimate of drug-likeness (QED) is 0.687. The lowest BCUT2D eigenvalue weighted by Gasteiger charge is -2.31. The van der Waals surface area contributed by atoms with Crippen LogP contribution in [-0.2, 0) is 9.59 Å². The first-order valence-corrected chi connectivity index (χ1v) is 4.97. The molecule has 0 radical (unpaired) electrons. The van der Waals surface area contributed by atoms with Crippen LogP contribution in [0.3, 0.4) is 0 Å². The minimum absolute atomic E-state index is 0.214. The van der Waals surface area contributed by atoms with Crippen molar-refractivity contribution in [3.63, 3.8) is 0 Å². The third-order valence-electron chi connectivity index (χ3n) is 2.53. The second-order valence-electron chi connectivity index (χ2n) is 3.88. The van der Waals surface area contributed by atoms with Crippen LogP contribution in [0.5, 0.6) is 0 Å². The lowest BCUT2D eigenvalue weighted by molar-refractivity contribution is -0.277. The largest absolute Gasteiger partial charge is 0.409 e. The molecule has 1 aliphatic heterocycles. The van der Waals surface area contributed by atoms with Gasteiger partial charge in [0.1, 0.15) is 5.78 Å². The molecule has 0 aromatic rings. The van der Waals surface area contributed by atoms with Crippen LogP contribution in [0.2, 0.25) is 0 Å². The van der Waals surface area contributed by atoms with Gasteiger partial charge in [-0.05, 0) is 0 Å². The predicted molar refractivity (Wildman–Crippen MR) is 46.4 cm³/mol. The molecular weight excluding hydrogens is 268 g/mol. The molecule has 18 heavy (non-hydrogen) atoms. The molecule has 9 heteroatoms. The Morgan fingerprint density at radius 2 is 1.39 bits per heavy atom. The first-order chi connectivity index (χ1) is 8.03. The zero-order chi connectivity index (χ0) is 14.1. The summed E-state index contributed by atoms with van der Waals surface area (Å²) in [7, 11) is 0. The molecule has 1 heterocycles. The molecule has 104 valence electrons. The number of hydrogen-bond acceptors (Lipinski definition) is 2. The highest BCUT2D eigenvalue weighted by Gasteiger charge is 2.62. The van der Waals surface area contributed by atoms with Crippen molar-refractivity contribution in [3.05, 3.63) is 0 Å². The molecule has 3 nitrogen and oxygen atoms in total. The summed E-state index contributed by atoms with van der Waals surface area (Å²) in [4.78, 5) is 22.5. The lowest BCUT2D eigenvalue weighted by atomic mass is 10.0. The van der Waals surface area contributed by atoms with Crippen LogP contribution in [-0.4, -0.2) is 42.0 Å². The Bertz CT molecular complexity index is 324. The molecule has 0 spiro atoms. The topological polar surface area (TPSA) is 37.4 Å². The third-order valence-corrected chi connectivity index (χ3v) is 2.53. The van der Waals surface area contributed by atoms with Crippen molar-refractivity contribution in [2.75, 3.05) is 13.1 Å². The molecule has 1 aliphatic rings. The summed E-state index contributed by atoms with van der Waals surface area (Å²) in [6.07, 6.45) is -11.8. The van der Waals surface area contributed by atoms with Crippen LogP contribution in [0.4, 0.5) is 26.3 Å². The third kappa shape index (κ3) is 3.36. The van der Waals surface area contributed by atoms with Crippen LogP contribution in [0.1, 0.15) is 12.8 Å². The van der Waals surface area contributed by atoms with Crippen LogP contribution < -0.4 is 0 Å². The first-order valence-electron chi connectivity index (χ1n) is 4.97. The number of halogens is 6. The molecule has 1 fully saturated rings. The van der Waals surface area contributed by atoms with Gasteiger partial charge in [0.25, 0.3) is 0 Å². The first kappa shape index (κ1) is 14.8. The van der Waals surface area contributed by atoms with Crippen LogP contribution >= 0.6 is 0 Å². The van der Waals surface area contributed by atoms with Gasteiger partial charge in [-0.25, -0.2) is 0 Å². The minimum atomic E-state index is -5.68. The number of hydrogen-bond donors (Lipinski definition) is 0. The van der Waals surface area contributed by atoms with Crippen molar-refractivity contribution in [3.8, 4) is 0 Å². The highest BCUT2D eigenvalue weighted by Crippen LogP contribution is 2.40. The zero-order valence-corrected chi connectivity index (χ0v) is 8.94. The van der Waals surface area contributed by atoms with Crippen molar-refractivity contribution in [1.29, 1.82) is 0 Å². The van der Waals surface area contributed by atoms with Gasteiger partial charge in [-0.15, -0.1) is 0 Å². The fraction of sp³-hybridized carbons (Fsp3) is 0.778. The van der Waals surface area contributed by atoms with Crippen molar-refractivity contribution < 1.29 is 35.9 Å². The number of Topliss-reactive ketones (excluding diaryl/α,β-unsaturated/α-hetero) is 1. The smallest absolute Gasteiger partial charge is 0.341 e. The summed E-state index contributed by atoms with van der Waals surface area (Å²) in [5.74, 6) is -6.34. The van der Waals surface area contributed by atoms with Gasteiger partial charge in [-0.1, -0.05) is 0 Å². The van der Waals surface area contributed by atoms with E-state index in [1.54, 1.807) is 0 Å². The van der Waals surface area contributed by atoms with E-state index in [0.717, 1.165) is 0 Å². The average molecular weight is 277 g/mol. The number of ketones is 1. The highest BCUT2D eigenvalue weighted by atomic mass is 19.4. The minimum Gasteiger partial charge on any atom is -0.341 e. The SMILES string of the molecule is O=C1CCN(C(=O)C(C(F)(F)F)C(F)(F)F)CC1. The molecule has 1 rings (SSSR count). The molecule has 0 atom stereocenters. The number of carbonyl (C=O) groups excluding carboxylic acids is 2. The van der Waals surface area contributed by atoms with E-state index in [-0.39, 0.29) is 18.6 Å². The normalized spacial score (nSPS) is 18.4. The van der Waals surface area contributed by atoms with Crippen molar-refractivity contribution in [2.45, 2.75) is 25.2 Å². The van der Waals surface area contributed by atoms with Crippen molar-refractivity contribution in [2.24, 2.45) is 5.92 Å². The number of amides is 1. The van der Waals surface area contributed by atoms with E-state index in [4.69, 9.17) is 0 Å². The summed E-state index contributed by atoms with van der Waals surface area (Å²) in [5.41, 5.74) is 0. The number of likely N-dealkylation sites (tertiary alicyclic amines) is 1. The molecule has 1 saturated heterocycles. The van der Waals surface area contributed by atoms with E-state index >= 15 is 0 Å². The Morgan fingerprint density at radius 1 is 1.00 bits per heavy atom. The van der Waals surface area contributed by atoms with Gasteiger partial charge in [-0.2, -0.15) is 26.3 Å². The van der Waals surface area contributed by atoms with Gasteiger partial charge in [0, 0.05) is 25.9 Å². The molecule has 0 aromatic heterocycles. The second kappa shape index (κ2) is 4.77. The molecule has 0 saturated carbocycles. The van der Waals surface area contributed by atoms with Crippen LogP contribution in [0, 0.1) is 5.92 Å². The molecule has 0 bridgehead atoms. The van der Waals surface area contributed by atoms with Gasteiger partial charge < -0.3 is 4.90 Å². The van der Waals surface area contributed by atoms with Gasteiger partial charge in [0.05, 0.1) is 0 Å². The van der Waals surface area contributed by atoms with Crippen LogP contribution in [0.25, 0.3) is 0 Å². The Kier molecular flexibility index (Phi) is 3.92. The summed E-state index contributed by atoms with van der Waals surface area (Å²) >= 11 is 0. The molecule has 0 aromatic carbocycles. The number of carbonyl (C=O) groups is 2. The lowest BCUT2D eigenvalue weighted by Crippen LogP contribution is -2.51. The maximum absolute atomic E-state index is 12.3. The Balaban J connectivity index is 2.87. The van der Waals surface area contributed by atoms with E-state index in [1.807, 2.05) is 0 Å². The van der Waals surface area contributed by atoms with Gasteiger partial charge in [-0.3, -0.25) is 9.59 Å². The van der Waals surface area contributed by atoms with Crippen molar-refractivity contribution in [1.82, 2.24) is 4.90 Å². The van der Waals surface area contributed by atoms with Crippen molar-refractivity contribution >= 4 is 11.7 Å². The number of rotatable bonds is 1. The molecular formula is C9H9F6NO2. The maximum Gasteiger partial charge on any atom is 0.409 e. The second-order valence-corrected chi connectivity index (χ2v) is 3.88. The van der Waals surface area contributed by atoms with E-state index in [9.17, 15) is 35.9 Å². The fourth-order valence-electron chi connectivity index (χ4n) is 1.62. The summed E-state index contributed by atoms with van der Waals surface area (Å²) < 4.78 is 73.6. The van der Waals surface area contributed by atoms with Crippen LogP contribution in [0.15, 0.2) is 0 Å². The monoisotopic (exact) mass is 277 g/mol. The summed E-state index contributed by atoms with van der Waals surface area (Å²) in [5, 5.41) is 0. The number of alkyl halides is 6. The molecule has 0 N–H and O–H groups in total. The molecule has 1 amide bonds. The van der Waals surface area contributed by atoms with Gasteiger partial charge in [0.15, 0.2) is 0 Å². The zero-order valence-electron chi connectivity index (χ0n) is 8.94. The Morgan fingerprint density at radius 3 is 1.72 bits per heavy atom. The predicted octanol–water partition coefficient (Wildman–Crippen LogP) is 1.92. The van der Waals surface area contributed by atoms with E-state index in [2.05, 4.69) is 0 Å². The molecule has 0 unspecified atom stereocenters. The Hall–Kier alpha value is -1.28. The highest BCUT2D eigenvalue weighted by molar-refractivity contribution is 5.85. The maximum atomic E-state index is 12.3. The fourth-order valence-corrected chi connectivity index (χ4v) is 1.62. The number of piperidine rings is 1.